The largest absolute Gasteiger partial charge is 0.483 e. The number of amides is 1. The molecule has 2 rings (SSSR count). The lowest BCUT2D eigenvalue weighted by Gasteiger charge is -2.16. The highest BCUT2D eigenvalue weighted by Crippen LogP contribution is 2.25. The Balaban J connectivity index is 1.97. The van der Waals surface area contributed by atoms with Crippen LogP contribution in [0.5, 0.6) is 5.75 Å². The average Bonchev–Trinajstić information content (AvgIpc) is 3.19. The Kier molecular flexibility index (Phi) is 3.50. The van der Waals surface area contributed by atoms with Crippen molar-refractivity contribution in [1.82, 2.24) is 4.90 Å². The van der Waals surface area contributed by atoms with E-state index < -0.39 is 5.97 Å². The molecule has 1 amide bonds. The molecule has 0 bridgehead atoms. The van der Waals surface area contributed by atoms with E-state index in [0.717, 1.165) is 12.8 Å². The Morgan fingerprint density at radius 2 is 2.06 bits per heavy atom. The molecule has 18 heavy (non-hydrogen) atoms. The second kappa shape index (κ2) is 5.08. The number of benzene rings is 1. The first-order valence-electron chi connectivity index (χ1n) is 5.80. The number of aromatic carboxylic acids is 1. The fourth-order valence-corrected chi connectivity index (χ4v) is 1.68. The molecule has 96 valence electrons. The van der Waals surface area contributed by atoms with Gasteiger partial charge in [-0.25, -0.2) is 4.79 Å². The van der Waals surface area contributed by atoms with Gasteiger partial charge in [-0.2, -0.15) is 0 Å². The zero-order valence-corrected chi connectivity index (χ0v) is 10.1. The van der Waals surface area contributed by atoms with Crippen molar-refractivity contribution < 1.29 is 19.4 Å². The Bertz CT molecular complexity index is 468. The number of carboxylic acid groups (broad SMARTS) is 1. The Morgan fingerprint density at radius 3 is 2.67 bits per heavy atom. The number of nitrogens with zero attached hydrogens (tertiary/aromatic N) is 1. The predicted molar refractivity (Wildman–Crippen MR) is 64.7 cm³/mol. The first kappa shape index (κ1) is 12.4. The maximum Gasteiger partial charge on any atom is 0.339 e. The Labute approximate surface area is 105 Å². The number of likely N-dealkylation sites (N-methyl/N-ethyl adjacent to an activating group) is 1. The Morgan fingerprint density at radius 1 is 1.39 bits per heavy atom. The lowest BCUT2D eigenvalue weighted by atomic mass is 10.2. The molecule has 0 heterocycles. The fourth-order valence-electron chi connectivity index (χ4n) is 1.68. The molecule has 0 aromatic heterocycles. The molecule has 0 saturated heterocycles. The summed E-state index contributed by atoms with van der Waals surface area (Å²) in [7, 11) is 1.74. The highest BCUT2D eigenvalue weighted by molar-refractivity contribution is 5.91. The quantitative estimate of drug-likeness (QED) is 0.856. The first-order valence-corrected chi connectivity index (χ1v) is 5.80. The fraction of sp³-hybridized carbons (Fsp3) is 0.385. The smallest absolute Gasteiger partial charge is 0.339 e. The molecule has 1 aliphatic rings. The van der Waals surface area contributed by atoms with E-state index >= 15 is 0 Å². The van der Waals surface area contributed by atoms with Gasteiger partial charge >= 0.3 is 5.97 Å². The lowest BCUT2D eigenvalue weighted by Crippen LogP contribution is -2.33. The molecule has 0 aliphatic heterocycles. The molecule has 0 unspecified atom stereocenters. The summed E-state index contributed by atoms with van der Waals surface area (Å²) < 4.78 is 5.29. The van der Waals surface area contributed by atoms with Crippen LogP contribution in [0, 0.1) is 0 Å². The molecular formula is C13H15NO4. The maximum atomic E-state index is 11.7. The highest BCUT2D eigenvalue weighted by atomic mass is 16.5. The second-order valence-electron chi connectivity index (χ2n) is 4.33. The van der Waals surface area contributed by atoms with Crippen LogP contribution >= 0.6 is 0 Å². The van der Waals surface area contributed by atoms with Crippen LogP contribution < -0.4 is 4.74 Å². The van der Waals surface area contributed by atoms with Gasteiger partial charge in [0, 0.05) is 13.1 Å². The summed E-state index contributed by atoms with van der Waals surface area (Å²) in [5.41, 5.74) is 0.0689. The van der Waals surface area contributed by atoms with Gasteiger partial charge in [-0.3, -0.25) is 4.79 Å². The molecule has 5 heteroatoms. The summed E-state index contributed by atoms with van der Waals surface area (Å²) >= 11 is 0. The van der Waals surface area contributed by atoms with E-state index in [1.165, 1.54) is 6.07 Å². The van der Waals surface area contributed by atoms with Crippen LogP contribution in [0.3, 0.4) is 0 Å². The minimum absolute atomic E-state index is 0.0689. The van der Waals surface area contributed by atoms with Gasteiger partial charge in [0.1, 0.15) is 11.3 Å². The van der Waals surface area contributed by atoms with Gasteiger partial charge in [0.2, 0.25) is 0 Å². The standard InChI is InChI=1S/C13H15NO4/c1-14(9-6-7-9)12(15)8-18-11-5-3-2-4-10(11)13(16)17/h2-5,9H,6-8H2,1H3,(H,16,17). The maximum absolute atomic E-state index is 11.7. The van der Waals surface area contributed by atoms with Crippen LogP contribution in [-0.2, 0) is 4.79 Å². The van der Waals surface area contributed by atoms with E-state index in [1.54, 1.807) is 30.1 Å². The van der Waals surface area contributed by atoms with Crippen LogP contribution in [-0.4, -0.2) is 41.6 Å². The molecule has 1 fully saturated rings. The third-order valence-corrected chi connectivity index (χ3v) is 2.96. The Hall–Kier alpha value is -2.04. The lowest BCUT2D eigenvalue weighted by molar-refractivity contribution is -0.132. The summed E-state index contributed by atoms with van der Waals surface area (Å²) in [4.78, 5) is 24.3. The molecule has 0 radical (unpaired) electrons. The molecular weight excluding hydrogens is 234 g/mol. The summed E-state index contributed by atoms with van der Waals surface area (Å²) in [6.07, 6.45) is 2.07. The average molecular weight is 249 g/mol. The summed E-state index contributed by atoms with van der Waals surface area (Å²) in [6, 6.07) is 6.63. The third kappa shape index (κ3) is 2.80. The number of hydrogen-bond donors (Lipinski definition) is 1. The van der Waals surface area contributed by atoms with E-state index in [0.29, 0.717) is 6.04 Å². The SMILES string of the molecule is CN(C(=O)COc1ccccc1C(=O)O)C1CC1. The zero-order chi connectivity index (χ0) is 13.1. The minimum Gasteiger partial charge on any atom is -0.483 e. The number of carbonyl (C=O) groups is 2. The molecule has 0 atom stereocenters. The predicted octanol–water partition coefficient (Wildman–Crippen LogP) is 1.38. The molecule has 1 aromatic rings. The monoisotopic (exact) mass is 249 g/mol. The molecule has 0 spiro atoms. The first-order chi connectivity index (χ1) is 8.59. The number of rotatable bonds is 5. The van der Waals surface area contributed by atoms with Crippen molar-refractivity contribution in [3.8, 4) is 5.75 Å². The minimum atomic E-state index is -1.06. The van der Waals surface area contributed by atoms with E-state index in [9.17, 15) is 9.59 Å². The van der Waals surface area contributed by atoms with Gasteiger partial charge in [0.05, 0.1) is 0 Å². The van der Waals surface area contributed by atoms with Crippen LogP contribution in [0.25, 0.3) is 0 Å². The normalized spacial score (nSPS) is 14.1. The molecule has 1 aliphatic carbocycles. The van der Waals surface area contributed by atoms with Gasteiger partial charge in [-0.15, -0.1) is 0 Å². The van der Waals surface area contributed by atoms with Crippen molar-refractivity contribution in [2.75, 3.05) is 13.7 Å². The van der Waals surface area contributed by atoms with Crippen LogP contribution in [0.1, 0.15) is 23.2 Å². The second-order valence-corrected chi connectivity index (χ2v) is 4.33. The third-order valence-electron chi connectivity index (χ3n) is 2.96. The number of carboxylic acids is 1. The van der Waals surface area contributed by atoms with Gasteiger partial charge < -0.3 is 14.7 Å². The van der Waals surface area contributed by atoms with Gasteiger partial charge in [0.15, 0.2) is 6.61 Å². The van der Waals surface area contributed by atoms with E-state index in [1.807, 2.05) is 0 Å². The highest BCUT2D eigenvalue weighted by Gasteiger charge is 2.29. The van der Waals surface area contributed by atoms with Gasteiger partial charge in [0.25, 0.3) is 5.91 Å². The van der Waals surface area contributed by atoms with Crippen molar-refractivity contribution >= 4 is 11.9 Å². The molecule has 1 N–H and O–H groups in total. The number of ether oxygens (including phenoxy) is 1. The molecule has 5 nitrogen and oxygen atoms in total. The van der Waals surface area contributed by atoms with E-state index in [2.05, 4.69) is 0 Å². The number of hydrogen-bond acceptors (Lipinski definition) is 3. The zero-order valence-electron chi connectivity index (χ0n) is 10.1. The van der Waals surface area contributed by atoms with Crippen molar-refractivity contribution in [2.24, 2.45) is 0 Å². The van der Waals surface area contributed by atoms with Crippen molar-refractivity contribution in [3.05, 3.63) is 29.8 Å². The summed E-state index contributed by atoms with van der Waals surface area (Å²) in [6.45, 7) is -0.128. The van der Waals surface area contributed by atoms with Crippen LogP contribution in [0.15, 0.2) is 24.3 Å². The topological polar surface area (TPSA) is 66.8 Å². The summed E-state index contributed by atoms with van der Waals surface area (Å²) in [5.74, 6) is -0.964. The van der Waals surface area contributed by atoms with Crippen molar-refractivity contribution in [1.29, 1.82) is 0 Å². The molecule has 1 aromatic carbocycles. The van der Waals surface area contributed by atoms with Crippen molar-refractivity contribution in [2.45, 2.75) is 18.9 Å². The van der Waals surface area contributed by atoms with Gasteiger partial charge in [-0.05, 0) is 25.0 Å². The van der Waals surface area contributed by atoms with Crippen LogP contribution in [0.4, 0.5) is 0 Å². The number of para-hydroxylation sites is 1. The van der Waals surface area contributed by atoms with Crippen molar-refractivity contribution in [3.63, 3.8) is 0 Å². The summed E-state index contributed by atoms with van der Waals surface area (Å²) in [5, 5.41) is 8.96. The van der Waals surface area contributed by atoms with E-state index in [4.69, 9.17) is 9.84 Å². The number of carbonyl (C=O) groups excluding carboxylic acids is 1. The van der Waals surface area contributed by atoms with E-state index in [-0.39, 0.29) is 23.8 Å². The molecule has 1 saturated carbocycles. The van der Waals surface area contributed by atoms with Crippen LogP contribution in [0.2, 0.25) is 0 Å². The van der Waals surface area contributed by atoms with Gasteiger partial charge in [-0.1, -0.05) is 12.1 Å².